The van der Waals surface area contributed by atoms with Crippen LogP contribution in [0, 0.1) is 5.41 Å². The number of carbonyl (C=O) groups is 2. The van der Waals surface area contributed by atoms with Crippen molar-refractivity contribution in [3.63, 3.8) is 0 Å². The summed E-state index contributed by atoms with van der Waals surface area (Å²) in [6, 6.07) is 0. The van der Waals surface area contributed by atoms with E-state index in [4.69, 9.17) is 5.73 Å². The number of primary amides is 1. The normalized spacial score (nSPS) is 18.9. The topological polar surface area (TPSA) is 69.4 Å². The van der Waals surface area contributed by atoms with Crippen LogP contribution >= 0.6 is 11.8 Å². The van der Waals surface area contributed by atoms with Crippen molar-refractivity contribution in [2.24, 2.45) is 11.1 Å². The highest BCUT2D eigenvalue weighted by Crippen LogP contribution is 2.51. The van der Waals surface area contributed by atoms with E-state index in [1.54, 1.807) is 11.8 Å². The minimum atomic E-state index is -0.263. The van der Waals surface area contributed by atoms with Gasteiger partial charge in [-0.15, -0.1) is 11.8 Å². The zero-order valence-electron chi connectivity index (χ0n) is 9.82. The van der Waals surface area contributed by atoms with E-state index in [2.05, 4.69) is 4.74 Å². The van der Waals surface area contributed by atoms with Crippen molar-refractivity contribution in [1.29, 1.82) is 0 Å². The molecular weight excluding hydrogens is 226 g/mol. The van der Waals surface area contributed by atoms with Crippen LogP contribution in [0.25, 0.3) is 0 Å². The summed E-state index contributed by atoms with van der Waals surface area (Å²) in [5.74, 6) is 0.399. The Balaban J connectivity index is 2.36. The Hall–Kier alpha value is -0.710. The third kappa shape index (κ3) is 3.70. The summed E-state index contributed by atoms with van der Waals surface area (Å²) in [4.78, 5) is 22.2. The third-order valence-corrected chi connectivity index (χ3v) is 4.73. The molecule has 0 saturated heterocycles. The molecule has 1 aliphatic rings. The average Bonchev–Trinajstić information content (AvgIpc) is 2.98. The fourth-order valence-corrected chi connectivity index (χ4v) is 2.95. The quantitative estimate of drug-likeness (QED) is 0.687. The summed E-state index contributed by atoms with van der Waals surface area (Å²) >= 11 is 1.57. The molecule has 0 spiro atoms. The first-order valence-corrected chi connectivity index (χ1v) is 6.55. The van der Waals surface area contributed by atoms with Crippen LogP contribution < -0.4 is 5.73 Å². The molecule has 1 unspecified atom stereocenters. The molecule has 0 aliphatic heterocycles. The second kappa shape index (κ2) is 5.57. The summed E-state index contributed by atoms with van der Waals surface area (Å²) in [7, 11) is 1.41. The first-order valence-electron chi connectivity index (χ1n) is 5.51. The number of hydrogen-bond donors (Lipinski definition) is 1. The SMILES string of the molecule is CCC(SCC1(CC(=O)OC)CC1)C(N)=O. The molecule has 1 atom stereocenters. The summed E-state index contributed by atoms with van der Waals surface area (Å²) < 4.78 is 4.67. The van der Waals surface area contributed by atoms with Crippen molar-refractivity contribution in [1.82, 2.24) is 0 Å². The highest BCUT2D eigenvalue weighted by molar-refractivity contribution is 8.00. The maximum absolute atomic E-state index is 11.2. The van der Waals surface area contributed by atoms with Crippen molar-refractivity contribution >= 4 is 23.6 Å². The number of nitrogens with two attached hydrogens (primary N) is 1. The Labute approximate surface area is 100 Å². The number of hydrogen-bond acceptors (Lipinski definition) is 4. The molecule has 92 valence electrons. The molecule has 1 saturated carbocycles. The van der Waals surface area contributed by atoms with Gasteiger partial charge >= 0.3 is 5.97 Å². The Bertz CT molecular complexity index is 276. The highest BCUT2D eigenvalue weighted by Gasteiger charge is 2.45. The van der Waals surface area contributed by atoms with Gasteiger partial charge in [0.1, 0.15) is 0 Å². The number of methoxy groups -OCH3 is 1. The Kier molecular flexibility index (Phi) is 4.65. The summed E-state index contributed by atoms with van der Waals surface area (Å²) in [6.45, 7) is 1.95. The molecule has 4 nitrogen and oxygen atoms in total. The van der Waals surface area contributed by atoms with Gasteiger partial charge in [0.15, 0.2) is 0 Å². The number of carbonyl (C=O) groups excluding carboxylic acids is 2. The molecule has 0 aromatic rings. The molecular formula is C11H19NO3S. The molecule has 0 bridgehead atoms. The standard InChI is InChI=1S/C11H19NO3S/c1-3-8(10(12)14)16-7-11(4-5-11)6-9(13)15-2/h8H,3-7H2,1-2H3,(H2,12,14). The van der Waals surface area contributed by atoms with Gasteiger partial charge < -0.3 is 10.5 Å². The van der Waals surface area contributed by atoms with Gasteiger partial charge in [0.2, 0.25) is 5.91 Å². The molecule has 0 radical (unpaired) electrons. The van der Waals surface area contributed by atoms with Crippen molar-refractivity contribution in [2.75, 3.05) is 12.9 Å². The Morgan fingerprint density at radius 1 is 1.50 bits per heavy atom. The van der Waals surface area contributed by atoms with Crippen LogP contribution in [0.5, 0.6) is 0 Å². The van der Waals surface area contributed by atoms with Gasteiger partial charge in [-0.05, 0) is 24.7 Å². The zero-order chi connectivity index (χ0) is 12.2. The van der Waals surface area contributed by atoms with Gasteiger partial charge in [0.05, 0.1) is 18.8 Å². The fourth-order valence-electron chi connectivity index (χ4n) is 1.61. The predicted octanol–water partition coefficient (Wildman–Crippen LogP) is 1.33. The van der Waals surface area contributed by atoms with Crippen LogP contribution in [0.4, 0.5) is 0 Å². The van der Waals surface area contributed by atoms with E-state index in [0.717, 1.165) is 25.0 Å². The molecule has 1 aliphatic carbocycles. The first-order chi connectivity index (χ1) is 7.53. The highest BCUT2D eigenvalue weighted by atomic mass is 32.2. The molecule has 2 N–H and O–H groups in total. The van der Waals surface area contributed by atoms with Gasteiger partial charge in [-0.1, -0.05) is 6.92 Å². The largest absolute Gasteiger partial charge is 0.469 e. The van der Waals surface area contributed by atoms with Gasteiger partial charge in [0.25, 0.3) is 0 Å². The Morgan fingerprint density at radius 3 is 2.50 bits per heavy atom. The minimum absolute atomic E-state index is 0.0701. The van der Waals surface area contributed by atoms with Crippen LogP contribution in [-0.2, 0) is 14.3 Å². The number of rotatable bonds is 7. The fraction of sp³-hybridized carbons (Fsp3) is 0.818. The van der Waals surface area contributed by atoms with E-state index in [-0.39, 0.29) is 22.5 Å². The van der Waals surface area contributed by atoms with E-state index in [0.29, 0.717) is 6.42 Å². The van der Waals surface area contributed by atoms with Crippen molar-refractivity contribution in [3.8, 4) is 0 Å². The lowest BCUT2D eigenvalue weighted by Gasteiger charge is -2.16. The van der Waals surface area contributed by atoms with Crippen molar-refractivity contribution in [2.45, 2.75) is 37.9 Å². The smallest absolute Gasteiger partial charge is 0.306 e. The van der Waals surface area contributed by atoms with E-state index in [9.17, 15) is 9.59 Å². The third-order valence-electron chi connectivity index (χ3n) is 2.98. The molecule has 1 fully saturated rings. The predicted molar refractivity (Wildman–Crippen MR) is 64.0 cm³/mol. The second-order valence-corrected chi connectivity index (χ2v) is 5.55. The number of thioether (sulfide) groups is 1. The lowest BCUT2D eigenvalue weighted by molar-refractivity contribution is -0.141. The lowest BCUT2D eigenvalue weighted by Crippen LogP contribution is -2.26. The van der Waals surface area contributed by atoms with E-state index in [1.165, 1.54) is 7.11 Å². The van der Waals surface area contributed by atoms with Crippen LogP contribution in [0.3, 0.4) is 0 Å². The van der Waals surface area contributed by atoms with Gasteiger partial charge in [-0.2, -0.15) is 0 Å². The van der Waals surface area contributed by atoms with Crippen LogP contribution in [-0.4, -0.2) is 30.0 Å². The Morgan fingerprint density at radius 2 is 2.12 bits per heavy atom. The summed E-state index contributed by atoms with van der Waals surface area (Å²) in [5, 5.41) is -0.130. The van der Waals surface area contributed by atoms with E-state index in [1.807, 2.05) is 6.92 Å². The molecule has 1 rings (SSSR count). The van der Waals surface area contributed by atoms with Gasteiger partial charge in [-0.25, -0.2) is 0 Å². The lowest BCUT2D eigenvalue weighted by atomic mass is 10.1. The summed E-state index contributed by atoms with van der Waals surface area (Å²) in [5.41, 5.74) is 5.34. The van der Waals surface area contributed by atoms with Crippen LogP contribution in [0.2, 0.25) is 0 Å². The van der Waals surface area contributed by atoms with E-state index >= 15 is 0 Å². The molecule has 1 amide bonds. The second-order valence-electron chi connectivity index (χ2n) is 4.36. The summed E-state index contributed by atoms with van der Waals surface area (Å²) in [6.07, 6.45) is 3.30. The average molecular weight is 245 g/mol. The van der Waals surface area contributed by atoms with E-state index < -0.39 is 0 Å². The zero-order valence-corrected chi connectivity index (χ0v) is 10.6. The minimum Gasteiger partial charge on any atom is -0.469 e. The maximum Gasteiger partial charge on any atom is 0.306 e. The molecule has 5 heteroatoms. The van der Waals surface area contributed by atoms with Gasteiger partial charge in [0, 0.05) is 5.75 Å². The maximum atomic E-state index is 11.2. The first kappa shape index (κ1) is 13.4. The number of amides is 1. The van der Waals surface area contributed by atoms with Crippen LogP contribution in [0.1, 0.15) is 32.6 Å². The molecule has 16 heavy (non-hydrogen) atoms. The monoisotopic (exact) mass is 245 g/mol. The number of ether oxygens (including phenoxy) is 1. The number of esters is 1. The van der Waals surface area contributed by atoms with Crippen LogP contribution in [0.15, 0.2) is 0 Å². The molecule has 0 heterocycles. The van der Waals surface area contributed by atoms with Gasteiger partial charge in [-0.3, -0.25) is 9.59 Å². The van der Waals surface area contributed by atoms with Crippen molar-refractivity contribution < 1.29 is 14.3 Å². The van der Waals surface area contributed by atoms with Crippen molar-refractivity contribution in [3.05, 3.63) is 0 Å². The molecule has 0 aromatic carbocycles. The molecule has 0 aromatic heterocycles.